The molecule has 1 N–H and O–H groups in total. The first-order valence-corrected chi connectivity index (χ1v) is 8.26. The Balaban J connectivity index is 2.70. The Morgan fingerprint density at radius 3 is 2.40 bits per heavy atom. The number of hydrogen-bond acceptors (Lipinski definition) is 2. The normalized spacial score (nSPS) is 11.7. The van der Waals surface area contributed by atoms with Crippen molar-refractivity contribution >= 4 is 44.1 Å². The van der Waals surface area contributed by atoms with Crippen molar-refractivity contribution in [2.75, 3.05) is 0 Å². The highest BCUT2D eigenvalue weighted by Gasteiger charge is 2.20. The smallest absolute Gasteiger partial charge is 0.144 e. The first kappa shape index (κ1) is 15.9. The van der Waals surface area contributed by atoms with Crippen LogP contribution < -0.4 is 0 Å². The molecule has 5 heteroatoms. The molecule has 20 heavy (non-hydrogen) atoms. The van der Waals surface area contributed by atoms with Gasteiger partial charge in [0.15, 0.2) is 0 Å². The minimum atomic E-state index is -0.0344. The number of benzene rings is 1. The van der Waals surface area contributed by atoms with Crippen LogP contribution in [0, 0.1) is 11.6 Å². The van der Waals surface area contributed by atoms with Crippen molar-refractivity contribution in [1.29, 1.82) is 0 Å². The molecule has 0 radical (unpaired) electrons. The molecule has 0 atom stereocenters. The lowest BCUT2D eigenvalue weighted by Crippen LogP contribution is -2.16. The third-order valence-corrected chi connectivity index (χ3v) is 4.88. The summed E-state index contributed by atoms with van der Waals surface area (Å²) < 4.78 is 2.52. The molecular formula is C15H16Br2N2S. The fourth-order valence-electron chi connectivity index (χ4n) is 2.00. The fraction of sp³-hybridized carbons (Fsp3) is 0.333. The van der Waals surface area contributed by atoms with Gasteiger partial charge in [-0.3, -0.25) is 0 Å². The molecule has 106 valence electrons. The maximum absolute atomic E-state index is 5.38. The molecule has 2 aromatic rings. The molecule has 0 aliphatic rings. The minimum Gasteiger partial charge on any atom is -0.342 e. The highest BCUT2D eigenvalue weighted by atomic mass is 79.9. The van der Waals surface area contributed by atoms with E-state index in [0.717, 1.165) is 31.6 Å². The van der Waals surface area contributed by atoms with E-state index in [1.165, 1.54) is 0 Å². The van der Waals surface area contributed by atoms with Crippen LogP contribution in [-0.4, -0.2) is 9.97 Å². The second-order valence-electron chi connectivity index (χ2n) is 5.79. The maximum Gasteiger partial charge on any atom is 0.144 e. The Bertz CT molecular complexity index is 715. The van der Waals surface area contributed by atoms with Crippen molar-refractivity contribution in [3.8, 4) is 11.4 Å². The highest BCUT2D eigenvalue weighted by Crippen LogP contribution is 2.31. The summed E-state index contributed by atoms with van der Waals surface area (Å²) in [7, 11) is 0. The topological polar surface area (TPSA) is 28.7 Å². The van der Waals surface area contributed by atoms with Crippen molar-refractivity contribution in [3.63, 3.8) is 0 Å². The van der Waals surface area contributed by atoms with E-state index in [1.807, 2.05) is 12.1 Å². The molecule has 0 amide bonds. The monoisotopic (exact) mass is 414 g/mol. The second kappa shape index (κ2) is 5.70. The minimum absolute atomic E-state index is 0.0344. The van der Waals surface area contributed by atoms with Gasteiger partial charge in [0.25, 0.3) is 0 Å². The number of aryl methyl sites for hydroxylation is 1. The van der Waals surface area contributed by atoms with Gasteiger partial charge >= 0.3 is 0 Å². The van der Waals surface area contributed by atoms with E-state index in [4.69, 9.17) is 12.2 Å². The van der Waals surface area contributed by atoms with Gasteiger partial charge in [-0.05, 0) is 46.6 Å². The van der Waals surface area contributed by atoms with Gasteiger partial charge in [-0.1, -0.05) is 48.9 Å². The number of rotatable bonds is 1. The molecule has 0 bridgehead atoms. The average molecular weight is 416 g/mol. The lowest BCUT2D eigenvalue weighted by molar-refractivity contribution is 0.563. The number of halogens is 2. The van der Waals surface area contributed by atoms with Crippen LogP contribution in [0.4, 0.5) is 0 Å². The molecule has 1 aromatic heterocycles. The van der Waals surface area contributed by atoms with Crippen LogP contribution in [-0.2, 0) is 5.41 Å². The van der Waals surface area contributed by atoms with Crippen molar-refractivity contribution < 1.29 is 0 Å². The van der Waals surface area contributed by atoms with Crippen LogP contribution in [0.3, 0.4) is 0 Å². The van der Waals surface area contributed by atoms with E-state index in [0.29, 0.717) is 4.64 Å². The van der Waals surface area contributed by atoms with Gasteiger partial charge in [0.2, 0.25) is 0 Å². The molecule has 0 saturated carbocycles. The molecular weight excluding hydrogens is 400 g/mol. The fourth-order valence-corrected chi connectivity index (χ4v) is 3.45. The van der Waals surface area contributed by atoms with Crippen LogP contribution in [0.15, 0.2) is 27.1 Å². The summed E-state index contributed by atoms with van der Waals surface area (Å²) in [5, 5.41) is 0. The largest absolute Gasteiger partial charge is 0.342 e. The number of aromatic nitrogens is 2. The molecule has 0 saturated heterocycles. The van der Waals surface area contributed by atoms with E-state index in [9.17, 15) is 0 Å². The lowest BCUT2D eigenvalue weighted by atomic mass is 9.92. The molecule has 0 aliphatic heterocycles. The summed E-state index contributed by atoms with van der Waals surface area (Å²) in [6.07, 6.45) is 0. The van der Waals surface area contributed by atoms with Gasteiger partial charge in [-0.2, -0.15) is 0 Å². The Kier molecular flexibility index (Phi) is 4.52. The average Bonchev–Trinajstić information content (AvgIpc) is 2.31. The third-order valence-electron chi connectivity index (χ3n) is 3.06. The summed E-state index contributed by atoms with van der Waals surface area (Å²) in [6.45, 7) is 8.52. The van der Waals surface area contributed by atoms with Crippen LogP contribution in [0.2, 0.25) is 0 Å². The van der Waals surface area contributed by atoms with E-state index in [2.05, 4.69) is 75.6 Å². The Hall–Kier alpha value is -0.520. The Morgan fingerprint density at radius 1 is 1.20 bits per heavy atom. The molecule has 1 aromatic carbocycles. The van der Waals surface area contributed by atoms with E-state index >= 15 is 0 Å². The first-order valence-electron chi connectivity index (χ1n) is 6.27. The van der Waals surface area contributed by atoms with Crippen molar-refractivity contribution in [1.82, 2.24) is 9.97 Å². The zero-order valence-corrected chi connectivity index (χ0v) is 15.8. The highest BCUT2D eigenvalue weighted by molar-refractivity contribution is 9.10. The quantitative estimate of drug-likeness (QED) is 0.584. The van der Waals surface area contributed by atoms with Crippen LogP contribution in [0.1, 0.15) is 32.0 Å². The first-order chi connectivity index (χ1) is 9.20. The van der Waals surface area contributed by atoms with Crippen molar-refractivity contribution in [3.05, 3.63) is 43.0 Å². The number of hydrogen-bond donors (Lipinski definition) is 1. The zero-order valence-electron chi connectivity index (χ0n) is 11.8. The SMILES string of the molecule is Cc1cc(Br)ccc1-c1nc(=S)c(Br)c(C(C)(C)C)[nH]1. The number of nitrogens with one attached hydrogen (secondary N) is 1. The van der Waals surface area contributed by atoms with Crippen LogP contribution in [0.25, 0.3) is 11.4 Å². The molecule has 2 nitrogen and oxygen atoms in total. The van der Waals surface area contributed by atoms with Gasteiger partial charge < -0.3 is 4.98 Å². The second-order valence-corrected chi connectivity index (χ2v) is 7.88. The summed E-state index contributed by atoms with van der Waals surface area (Å²) in [6, 6.07) is 6.14. The van der Waals surface area contributed by atoms with Crippen LogP contribution >= 0.6 is 44.1 Å². The molecule has 1 heterocycles. The molecule has 0 spiro atoms. The molecule has 0 aliphatic carbocycles. The molecule has 0 unspecified atom stereocenters. The van der Waals surface area contributed by atoms with Gasteiger partial charge in [0.05, 0.1) is 4.47 Å². The standard InChI is InChI=1S/C15H16Br2N2S/c1-8-7-9(16)5-6-10(8)13-18-12(15(2,3)4)11(17)14(20)19-13/h5-7H,1-4H3,(H,18,19,20). The van der Waals surface area contributed by atoms with Crippen molar-refractivity contribution in [2.45, 2.75) is 33.1 Å². The van der Waals surface area contributed by atoms with Gasteiger partial charge in [0, 0.05) is 21.1 Å². The predicted octanol–water partition coefficient (Wildman–Crippen LogP) is 5.94. The van der Waals surface area contributed by atoms with Gasteiger partial charge in [-0.25, -0.2) is 4.98 Å². The zero-order chi connectivity index (χ0) is 15.1. The lowest BCUT2D eigenvalue weighted by Gasteiger charge is -2.21. The molecule has 0 fully saturated rings. The number of H-pyrrole nitrogens is 1. The van der Waals surface area contributed by atoms with E-state index in [1.54, 1.807) is 0 Å². The Morgan fingerprint density at radius 2 is 1.85 bits per heavy atom. The number of aromatic amines is 1. The summed E-state index contributed by atoms with van der Waals surface area (Å²) in [4.78, 5) is 7.93. The third kappa shape index (κ3) is 3.21. The van der Waals surface area contributed by atoms with Crippen molar-refractivity contribution in [2.24, 2.45) is 0 Å². The van der Waals surface area contributed by atoms with Gasteiger partial charge in [-0.15, -0.1) is 0 Å². The summed E-state index contributed by atoms with van der Waals surface area (Å²) >= 11 is 12.4. The summed E-state index contributed by atoms with van der Waals surface area (Å²) in [5.41, 5.74) is 3.25. The van der Waals surface area contributed by atoms with Gasteiger partial charge in [0.1, 0.15) is 10.5 Å². The van der Waals surface area contributed by atoms with Crippen LogP contribution in [0.5, 0.6) is 0 Å². The predicted molar refractivity (Wildman–Crippen MR) is 93.7 cm³/mol. The summed E-state index contributed by atoms with van der Waals surface area (Å²) in [5.74, 6) is 0.813. The van der Waals surface area contributed by atoms with E-state index < -0.39 is 0 Å². The number of nitrogens with zero attached hydrogens (tertiary/aromatic N) is 1. The van der Waals surface area contributed by atoms with E-state index in [-0.39, 0.29) is 5.41 Å². The maximum atomic E-state index is 5.38. The Labute approximate surface area is 141 Å². The molecule has 2 rings (SSSR count).